The molecule has 0 spiro atoms. The van der Waals surface area contributed by atoms with Gasteiger partial charge in [-0.05, 0) is 18.1 Å². The molecule has 6 nitrogen and oxygen atoms in total. The van der Waals surface area contributed by atoms with Crippen LogP contribution in [0.3, 0.4) is 0 Å². The molecule has 2 heterocycles. The average Bonchev–Trinajstić information content (AvgIpc) is 3.05. The number of halogens is 1. The summed E-state index contributed by atoms with van der Waals surface area (Å²) in [5, 5.41) is 20.6. The fourth-order valence-corrected chi connectivity index (χ4v) is 4.06. The minimum atomic E-state index is -0.855. The first-order chi connectivity index (χ1) is 10.6. The van der Waals surface area contributed by atoms with Crippen molar-refractivity contribution in [3.8, 4) is 0 Å². The lowest BCUT2D eigenvalue weighted by molar-refractivity contribution is 0.0190. The quantitative estimate of drug-likeness (QED) is 0.612. The van der Waals surface area contributed by atoms with Gasteiger partial charge in [-0.2, -0.15) is 11.8 Å². The number of aliphatic hydroxyl groups excluding tert-OH is 2. The van der Waals surface area contributed by atoms with Crippen LogP contribution in [-0.4, -0.2) is 55.6 Å². The van der Waals surface area contributed by atoms with Gasteiger partial charge >= 0.3 is 0 Å². The summed E-state index contributed by atoms with van der Waals surface area (Å²) >= 11 is 1.46. The number of thioether (sulfide) groups is 1. The van der Waals surface area contributed by atoms with Gasteiger partial charge in [-0.25, -0.2) is 9.97 Å². The number of aliphatic hydroxyl groups is 2. The Labute approximate surface area is 131 Å². The third kappa shape index (κ3) is 2.66. The molecular formula is C14H19FN4O2S. The van der Waals surface area contributed by atoms with Gasteiger partial charge in [0.2, 0.25) is 0 Å². The van der Waals surface area contributed by atoms with Crippen molar-refractivity contribution < 1.29 is 14.6 Å². The number of fused-ring (bicyclic) bond motifs is 1. The predicted molar refractivity (Wildman–Crippen MR) is 84.5 cm³/mol. The van der Waals surface area contributed by atoms with Crippen molar-refractivity contribution in [2.45, 2.75) is 24.5 Å². The lowest BCUT2D eigenvalue weighted by Crippen LogP contribution is -2.28. The van der Waals surface area contributed by atoms with Crippen LogP contribution >= 0.6 is 11.8 Å². The number of aromatic amines is 1. The van der Waals surface area contributed by atoms with Crippen LogP contribution in [0.4, 0.5) is 10.2 Å². The lowest BCUT2D eigenvalue weighted by atomic mass is 9.96. The summed E-state index contributed by atoms with van der Waals surface area (Å²) in [6, 6.07) is 0. The fourth-order valence-electron chi connectivity index (χ4n) is 3.15. The molecule has 3 rings (SSSR count). The van der Waals surface area contributed by atoms with Crippen LogP contribution < -0.4 is 5.73 Å². The van der Waals surface area contributed by atoms with Crippen LogP contribution in [0.25, 0.3) is 11.0 Å². The number of nitrogens with two attached hydrogens (primary N) is 1. The van der Waals surface area contributed by atoms with Crippen molar-refractivity contribution in [1.29, 1.82) is 0 Å². The number of nitrogen functional groups attached to an aromatic ring is 1. The predicted octanol–water partition coefficient (Wildman–Crippen LogP) is 1.07. The van der Waals surface area contributed by atoms with Gasteiger partial charge in [-0.3, -0.25) is 4.39 Å². The largest absolute Gasteiger partial charge is 0.390 e. The lowest BCUT2D eigenvalue weighted by Gasteiger charge is -2.16. The van der Waals surface area contributed by atoms with Gasteiger partial charge in [0.05, 0.1) is 24.4 Å². The highest BCUT2D eigenvalue weighted by Crippen LogP contribution is 2.42. The second-order valence-corrected chi connectivity index (χ2v) is 6.72. The van der Waals surface area contributed by atoms with Gasteiger partial charge in [-0.15, -0.1) is 0 Å². The molecule has 0 aliphatic heterocycles. The van der Waals surface area contributed by atoms with Crippen LogP contribution in [0, 0.1) is 5.92 Å². The summed E-state index contributed by atoms with van der Waals surface area (Å²) in [7, 11) is 0. The third-order valence-electron chi connectivity index (χ3n) is 4.28. The zero-order valence-corrected chi connectivity index (χ0v) is 12.8. The van der Waals surface area contributed by atoms with Crippen molar-refractivity contribution in [2.24, 2.45) is 5.92 Å². The van der Waals surface area contributed by atoms with E-state index in [0.29, 0.717) is 34.8 Å². The number of hydrogen-bond acceptors (Lipinski definition) is 6. The topological polar surface area (TPSA) is 108 Å². The number of nitrogens with zero attached hydrogens (tertiary/aromatic N) is 2. The van der Waals surface area contributed by atoms with E-state index in [1.807, 2.05) is 0 Å². The molecule has 1 fully saturated rings. The Kier molecular flexibility index (Phi) is 4.51. The van der Waals surface area contributed by atoms with Gasteiger partial charge in [0.1, 0.15) is 11.8 Å². The Balaban J connectivity index is 1.83. The van der Waals surface area contributed by atoms with Crippen LogP contribution in [0.2, 0.25) is 0 Å². The van der Waals surface area contributed by atoms with Gasteiger partial charge in [0, 0.05) is 23.4 Å². The highest BCUT2D eigenvalue weighted by molar-refractivity contribution is 7.99. The first-order valence-electron chi connectivity index (χ1n) is 7.20. The maximum Gasteiger partial charge on any atom is 0.151 e. The normalized spacial score (nSPS) is 28.5. The maximum atomic E-state index is 12.2. The van der Waals surface area contributed by atoms with E-state index in [1.54, 1.807) is 6.20 Å². The first-order valence-corrected chi connectivity index (χ1v) is 8.36. The molecule has 4 atom stereocenters. The van der Waals surface area contributed by atoms with E-state index in [9.17, 15) is 14.6 Å². The maximum absolute atomic E-state index is 12.2. The molecule has 0 bridgehead atoms. The highest BCUT2D eigenvalue weighted by Gasteiger charge is 2.42. The number of H-pyrrole nitrogens is 1. The van der Waals surface area contributed by atoms with Crippen LogP contribution in [0.5, 0.6) is 0 Å². The van der Waals surface area contributed by atoms with Crippen molar-refractivity contribution in [3.63, 3.8) is 0 Å². The molecule has 1 aliphatic carbocycles. The Morgan fingerprint density at radius 3 is 2.95 bits per heavy atom. The molecule has 120 valence electrons. The second-order valence-electron chi connectivity index (χ2n) is 5.57. The van der Waals surface area contributed by atoms with E-state index in [4.69, 9.17) is 5.73 Å². The van der Waals surface area contributed by atoms with E-state index < -0.39 is 12.2 Å². The first kappa shape index (κ1) is 15.5. The summed E-state index contributed by atoms with van der Waals surface area (Å²) in [5.41, 5.74) is 7.98. The Hall–Kier alpha value is -1.38. The van der Waals surface area contributed by atoms with Crippen LogP contribution in [0.15, 0.2) is 12.5 Å². The number of anilines is 1. The van der Waals surface area contributed by atoms with E-state index in [0.717, 1.165) is 5.56 Å². The van der Waals surface area contributed by atoms with Crippen LogP contribution in [0.1, 0.15) is 17.9 Å². The number of hydrogen-bond donors (Lipinski definition) is 4. The molecule has 2 aromatic heterocycles. The molecule has 5 N–H and O–H groups in total. The number of aromatic nitrogens is 3. The van der Waals surface area contributed by atoms with E-state index in [1.165, 1.54) is 18.1 Å². The van der Waals surface area contributed by atoms with Crippen molar-refractivity contribution in [2.75, 3.05) is 23.9 Å². The Morgan fingerprint density at radius 2 is 2.18 bits per heavy atom. The Bertz CT molecular complexity index is 653. The molecule has 1 aliphatic rings. The number of alkyl halides is 1. The molecule has 22 heavy (non-hydrogen) atoms. The monoisotopic (exact) mass is 326 g/mol. The van der Waals surface area contributed by atoms with Gasteiger partial charge in [0.25, 0.3) is 0 Å². The second kappa shape index (κ2) is 6.39. The summed E-state index contributed by atoms with van der Waals surface area (Å²) in [4.78, 5) is 11.2. The van der Waals surface area contributed by atoms with E-state index >= 15 is 0 Å². The summed E-state index contributed by atoms with van der Waals surface area (Å²) in [5.74, 6) is 1.15. The summed E-state index contributed by atoms with van der Waals surface area (Å²) < 4.78 is 12.2. The van der Waals surface area contributed by atoms with Gasteiger partial charge in [-0.1, -0.05) is 0 Å². The average molecular weight is 326 g/mol. The smallest absolute Gasteiger partial charge is 0.151 e. The van der Waals surface area contributed by atoms with E-state index in [-0.39, 0.29) is 18.5 Å². The minimum absolute atomic E-state index is 0.0549. The van der Waals surface area contributed by atoms with E-state index in [2.05, 4.69) is 15.0 Å². The molecule has 8 heteroatoms. The number of rotatable bonds is 5. The van der Waals surface area contributed by atoms with Gasteiger partial charge < -0.3 is 20.9 Å². The summed E-state index contributed by atoms with van der Waals surface area (Å²) in [6.07, 6.45) is 2.14. The molecular weight excluding hydrogens is 307 g/mol. The zero-order valence-electron chi connectivity index (χ0n) is 11.9. The molecule has 0 saturated heterocycles. The minimum Gasteiger partial charge on any atom is -0.390 e. The van der Waals surface area contributed by atoms with Crippen molar-refractivity contribution in [3.05, 3.63) is 18.1 Å². The molecule has 0 amide bonds. The van der Waals surface area contributed by atoms with Crippen molar-refractivity contribution in [1.82, 2.24) is 15.0 Å². The molecule has 0 radical (unpaired) electrons. The highest BCUT2D eigenvalue weighted by atomic mass is 32.2. The standard InChI is InChI=1S/C14H19FN4O2S/c15-1-2-22-5-7-3-8(13(21)12(7)20)9-4-17-11-10(9)18-6-19-14(11)16/h4,6-8,12-13,17,20-21H,1-3,5H2,(H2,16,18,19). The van der Waals surface area contributed by atoms with Crippen LogP contribution in [-0.2, 0) is 0 Å². The fraction of sp³-hybridized carbons (Fsp3) is 0.571. The molecule has 2 aromatic rings. The molecule has 4 unspecified atom stereocenters. The zero-order chi connectivity index (χ0) is 15.7. The SMILES string of the molecule is Nc1ncnc2c(C3CC(CSCCF)C(O)C3O)c[nH]c12. The third-order valence-corrected chi connectivity index (χ3v) is 5.38. The summed E-state index contributed by atoms with van der Waals surface area (Å²) in [6.45, 7) is -0.377. The molecule has 0 aromatic carbocycles. The Morgan fingerprint density at radius 1 is 1.36 bits per heavy atom. The molecule has 1 saturated carbocycles. The number of nitrogens with one attached hydrogen (secondary N) is 1. The van der Waals surface area contributed by atoms with Gasteiger partial charge in [0.15, 0.2) is 5.82 Å². The van der Waals surface area contributed by atoms with Crippen molar-refractivity contribution >= 4 is 28.6 Å².